The number of aryl methyl sites for hydroxylation is 3. The average molecular weight is 389 g/mol. The third-order valence-electron chi connectivity index (χ3n) is 4.67. The molecule has 0 saturated heterocycles. The maximum atomic E-state index is 13.0. The largest absolute Gasteiger partial charge is 0.507 e. The van der Waals surface area contributed by atoms with Gasteiger partial charge in [0.15, 0.2) is 0 Å². The minimum absolute atomic E-state index is 0.0190. The number of para-hydroxylation sites is 1. The van der Waals surface area contributed by atoms with E-state index in [0.717, 1.165) is 11.1 Å². The number of carbonyl (C=O) groups excluding carboxylic acids is 2. The van der Waals surface area contributed by atoms with Crippen LogP contribution in [0.3, 0.4) is 0 Å². The molecule has 3 aromatic rings. The first-order valence-corrected chi connectivity index (χ1v) is 9.29. The normalized spacial score (nSPS) is 11.6. The lowest BCUT2D eigenvalue weighted by molar-refractivity contribution is -0.125. The first-order chi connectivity index (χ1) is 13.9. The first kappa shape index (κ1) is 20.1. The number of ether oxygens (including phenoxy) is 1. The number of rotatable bonds is 5. The van der Waals surface area contributed by atoms with Crippen LogP contribution in [0.5, 0.6) is 5.75 Å². The van der Waals surface area contributed by atoms with Crippen molar-refractivity contribution in [3.8, 4) is 5.75 Å². The lowest BCUT2D eigenvalue weighted by atomic mass is 10.1. The van der Waals surface area contributed by atoms with Crippen LogP contribution in [0.25, 0.3) is 0 Å². The first-order valence-electron chi connectivity index (χ1n) is 9.29. The van der Waals surface area contributed by atoms with Crippen LogP contribution >= 0.6 is 0 Å². The molecule has 1 atom stereocenters. The highest BCUT2D eigenvalue weighted by Crippen LogP contribution is 2.27. The van der Waals surface area contributed by atoms with Gasteiger partial charge in [0.05, 0.1) is 0 Å². The van der Waals surface area contributed by atoms with Crippen molar-refractivity contribution in [3.05, 3.63) is 94.5 Å². The Labute approximate surface area is 170 Å². The molecule has 148 valence electrons. The zero-order valence-electron chi connectivity index (χ0n) is 16.6. The van der Waals surface area contributed by atoms with Crippen molar-refractivity contribution < 1.29 is 19.4 Å². The second kappa shape index (κ2) is 8.61. The molecular formula is C24H23NO4. The Bertz CT molecular complexity index is 1040. The van der Waals surface area contributed by atoms with Crippen LogP contribution in [0.1, 0.15) is 38.7 Å². The molecule has 29 heavy (non-hydrogen) atoms. The lowest BCUT2D eigenvalue weighted by Crippen LogP contribution is -2.26. The van der Waals surface area contributed by atoms with Gasteiger partial charge in [-0.15, -0.1) is 0 Å². The van der Waals surface area contributed by atoms with Crippen LogP contribution in [-0.4, -0.2) is 17.0 Å². The van der Waals surface area contributed by atoms with E-state index in [-0.39, 0.29) is 11.3 Å². The second-order valence-corrected chi connectivity index (χ2v) is 6.97. The number of amides is 1. The number of nitrogens with one attached hydrogen (secondary N) is 1. The predicted molar refractivity (Wildman–Crippen MR) is 112 cm³/mol. The molecule has 3 rings (SSSR count). The molecule has 3 aromatic carbocycles. The average Bonchev–Trinajstić information content (AvgIpc) is 2.71. The number of aromatic hydroxyl groups is 1. The van der Waals surface area contributed by atoms with Gasteiger partial charge in [-0.05, 0) is 49.6 Å². The van der Waals surface area contributed by atoms with E-state index in [1.54, 1.807) is 43.3 Å². The van der Waals surface area contributed by atoms with E-state index in [1.165, 1.54) is 6.07 Å². The summed E-state index contributed by atoms with van der Waals surface area (Å²) >= 11 is 0. The fourth-order valence-corrected chi connectivity index (χ4v) is 2.96. The number of phenolic OH excluding ortho intramolecular Hbond substituents is 1. The maximum absolute atomic E-state index is 13.0. The summed E-state index contributed by atoms with van der Waals surface area (Å²) < 4.78 is 5.55. The van der Waals surface area contributed by atoms with Crippen molar-refractivity contribution in [1.82, 2.24) is 0 Å². The molecule has 0 spiro atoms. The van der Waals surface area contributed by atoms with Crippen molar-refractivity contribution in [3.63, 3.8) is 0 Å². The van der Waals surface area contributed by atoms with Crippen LogP contribution in [0.15, 0.2) is 66.7 Å². The highest BCUT2D eigenvalue weighted by atomic mass is 16.5. The van der Waals surface area contributed by atoms with Crippen LogP contribution < -0.4 is 5.32 Å². The molecule has 0 unspecified atom stereocenters. The van der Waals surface area contributed by atoms with E-state index >= 15 is 0 Å². The highest BCUT2D eigenvalue weighted by molar-refractivity contribution is 5.99. The Morgan fingerprint density at radius 2 is 1.62 bits per heavy atom. The Balaban J connectivity index is 1.91. The van der Waals surface area contributed by atoms with Gasteiger partial charge < -0.3 is 15.2 Å². The summed E-state index contributed by atoms with van der Waals surface area (Å²) in [4.78, 5) is 25.8. The zero-order valence-corrected chi connectivity index (χ0v) is 16.6. The Morgan fingerprint density at radius 1 is 0.897 bits per heavy atom. The van der Waals surface area contributed by atoms with Gasteiger partial charge in [-0.25, -0.2) is 4.79 Å². The zero-order chi connectivity index (χ0) is 21.0. The third kappa shape index (κ3) is 4.63. The monoisotopic (exact) mass is 389 g/mol. The standard InChI is InChI=1S/C24H23NO4/c1-15-12-13-16(2)20(14-15)25-23(27)22(18-9-5-4-6-10-18)29-24(28)19-11-7-8-17(3)21(19)26/h4-14,22,26H,1-3H3,(H,25,27)/t22-/m0/s1. The number of carbonyl (C=O) groups is 2. The number of esters is 1. The molecule has 5 nitrogen and oxygen atoms in total. The topological polar surface area (TPSA) is 75.6 Å². The summed E-state index contributed by atoms with van der Waals surface area (Å²) in [5.41, 5.74) is 3.67. The number of benzene rings is 3. The van der Waals surface area contributed by atoms with Gasteiger partial charge in [0.25, 0.3) is 5.91 Å². The molecule has 0 aliphatic rings. The minimum atomic E-state index is -1.16. The van der Waals surface area contributed by atoms with E-state index < -0.39 is 18.0 Å². The maximum Gasteiger partial charge on any atom is 0.343 e. The van der Waals surface area contributed by atoms with Crippen LogP contribution in [-0.2, 0) is 9.53 Å². The SMILES string of the molecule is Cc1ccc(C)c(NC(=O)[C@@H](OC(=O)c2cccc(C)c2O)c2ccccc2)c1. The van der Waals surface area contributed by atoms with Gasteiger partial charge in [-0.1, -0.05) is 54.6 Å². The summed E-state index contributed by atoms with van der Waals surface area (Å²) in [6, 6.07) is 19.3. The van der Waals surface area contributed by atoms with Crippen molar-refractivity contribution >= 4 is 17.6 Å². The molecule has 0 radical (unpaired) electrons. The van der Waals surface area contributed by atoms with E-state index in [9.17, 15) is 14.7 Å². The van der Waals surface area contributed by atoms with E-state index in [4.69, 9.17) is 4.74 Å². The Morgan fingerprint density at radius 3 is 2.34 bits per heavy atom. The minimum Gasteiger partial charge on any atom is -0.507 e. The smallest absolute Gasteiger partial charge is 0.343 e. The van der Waals surface area contributed by atoms with Crippen molar-refractivity contribution in [2.75, 3.05) is 5.32 Å². The predicted octanol–water partition coefficient (Wildman–Crippen LogP) is 4.85. The summed E-state index contributed by atoms with van der Waals surface area (Å²) in [5, 5.41) is 13.0. The summed E-state index contributed by atoms with van der Waals surface area (Å²) in [6.45, 7) is 5.52. The Kier molecular flexibility index (Phi) is 5.98. The van der Waals surface area contributed by atoms with Crippen molar-refractivity contribution in [2.24, 2.45) is 0 Å². The quantitative estimate of drug-likeness (QED) is 0.612. The number of phenols is 1. The molecule has 0 aromatic heterocycles. The molecule has 0 fully saturated rings. The van der Waals surface area contributed by atoms with Gasteiger partial charge in [-0.2, -0.15) is 0 Å². The number of anilines is 1. The van der Waals surface area contributed by atoms with Crippen molar-refractivity contribution in [2.45, 2.75) is 26.9 Å². The number of hydrogen-bond donors (Lipinski definition) is 2. The van der Waals surface area contributed by atoms with E-state index in [1.807, 2.05) is 38.1 Å². The summed E-state index contributed by atoms with van der Waals surface area (Å²) in [6.07, 6.45) is -1.16. The molecule has 1 amide bonds. The van der Waals surface area contributed by atoms with E-state index in [2.05, 4.69) is 5.32 Å². The van der Waals surface area contributed by atoms with Gasteiger partial charge in [0.2, 0.25) is 6.10 Å². The van der Waals surface area contributed by atoms with Gasteiger partial charge in [0.1, 0.15) is 11.3 Å². The van der Waals surface area contributed by atoms with Crippen LogP contribution in [0, 0.1) is 20.8 Å². The summed E-state index contributed by atoms with van der Waals surface area (Å²) in [5.74, 6) is -1.39. The molecular weight excluding hydrogens is 366 g/mol. The number of hydrogen-bond acceptors (Lipinski definition) is 4. The van der Waals surface area contributed by atoms with Crippen LogP contribution in [0.2, 0.25) is 0 Å². The fraction of sp³-hybridized carbons (Fsp3) is 0.167. The highest BCUT2D eigenvalue weighted by Gasteiger charge is 2.27. The molecule has 0 saturated carbocycles. The molecule has 0 aliphatic heterocycles. The molecule has 0 bridgehead atoms. The second-order valence-electron chi connectivity index (χ2n) is 6.97. The Hall–Kier alpha value is -3.60. The van der Waals surface area contributed by atoms with E-state index in [0.29, 0.717) is 16.8 Å². The van der Waals surface area contributed by atoms with Gasteiger partial charge >= 0.3 is 5.97 Å². The third-order valence-corrected chi connectivity index (χ3v) is 4.67. The van der Waals surface area contributed by atoms with Crippen LogP contribution in [0.4, 0.5) is 5.69 Å². The molecule has 2 N–H and O–H groups in total. The molecule has 0 heterocycles. The van der Waals surface area contributed by atoms with Gasteiger partial charge in [0, 0.05) is 11.3 Å². The molecule has 5 heteroatoms. The lowest BCUT2D eigenvalue weighted by Gasteiger charge is -2.19. The van der Waals surface area contributed by atoms with Crippen molar-refractivity contribution in [1.29, 1.82) is 0 Å². The van der Waals surface area contributed by atoms with Gasteiger partial charge in [-0.3, -0.25) is 4.79 Å². The fourth-order valence-electron chi connectivity index (χ4n) is 2.96. The molecule has 0 aliphatic carbocycles. The summed E-state index contributed by atoms with van der Waals surface area (Å²) in [7, 11) is 0.